The molecule has 0 aliphatic heterocycles. The van der Waals surface area contributed by atoms with Crippen LogP contribution < -0.4 is 5.73 Å². The van der Waals surface area contributed by atoms with E-state index < -0.39 is 20.5 Å². The third kappa shape index (κ3) is 2.86. The van der Waals surface area contributed by atoms with Crippen molar-refractivity contribution in [1.29, 1.82) is 0 Å². The fraction of sp³-hybridized carbons (Fsp3) is 0.300. The van der Waals surface area contributed by atoms with E-state index in [9.17, 15) is 17.6 Å². The van der Waals surface area contributed by atoms with Gasteiger partial charge in [-0.3, -0.25) is 4.79 Å². The Bertz CT molecular complexity index is 511. The highest BCUT2D eigenvalue weighted by Crippen LogP contribution is 2.17. The molecule has 0 fully saturated rings. The second-order valence-corrected chi connectivity index (χ2v) is 5.36. The van der Waals surface area contributed by atoms with Crippen LogP contribution in [0.5, 0.6) is 0 Å². The number of carbonyl (C=O) groups is 1. The standard InChI is InChI=1S/C10H12FNO3S/c1-16(14,15)10-6-7(2-3-8(10)11)9(13)4-5-12/h2-3,6H,4-5,12H2,1H3. The lowest BCUT2D eigenvalue weighted by molar-refractivity contribution is 0.0985. The van der Waals surface area contributed by atoms with Crippen LogP contribution in [0.1, 0.15) is 16.8 Å². The minimum Gasteiger partial charge on any atom is -0.330 e. The first-order valence-electron chi connectivity index (χ1n) is 4.59. The fourth-order valence-electron chi connectivity index (χ4n) is 1.24. The zero-order valence-electron chi connectivity index (χ0n) is 8.73. The van der Waals surface area contributed by atoms with Gasteiger partial charge in [0.05, 0.1) is 0 Å². The first-order chi connectivity index (χ1) is 7.36. The molecule has 0 saturated carbocycles. The lowest BCUT2D eigenvalue weighted by Gasteiger charge is -2.04. The second-order valence-electron chi connectivity index (χ2n) is 3.38. The van der Waals surface area contributed by atoms with Crippen molar-refractivity contribution in [3.05, 3.63) is 29.6 Å². The van der Waals surface area contributed by atoms with Crippen LogP contribution in [0.25, 0.3) is 0 Å². The van der Waals surface area contributed by atoms with Crippen LogP contribution >= 0.6 is 0 Å². The summed E-state index contributed by atoms with van der Waals surface area (Å²) < 4.78 is 35.6. The minimum absolute atomic E-state index is 0.106. The second kappa shape index (κ2) is 4.71. The molecule has 1 aromatic rings. The van der Waals surface area contributed by atoms with Crippen LogP contribution in [0, 0.1) is 5.82 Å². The molecule has 0 saturated heterocycles. The number of benzene rings is 1. The SMILES string of the molecule is CS(=O)(=O)c1cc(C(=O)CCN)ccc1F. The maximum absolute atomic E-state index is 13.2. The Morgan fingerprint density at radius 1 is 1.44 bits per heavy atom. The van der Waals surface area contributed by atoms with Crippen molar-refractivity contribution in [3.63, 3.8) is 0 Å². The van der Waals surface area contributed by atoms with Gasteiger partial charge in [0.2, 0.25) is 0 Å². The van der Waals surface area contributed by atoms with Crippen LogP contribution in [-0.2, 0) is 9.84 Å². The molecule has 0 bridgehead atoms. The molecule has 0 heterocycles. The largest absolute Gasteiger partial charge is 0.330 e. The summed E-state index contributed by atoms with van der Waals surface area (Å²) in [7, 11) is -3.66. The fourth-order valence-corrected chi connectivity index (χ4v) is 2.00. The molecule has 6 heteroatoms. The van der Waals surface area contributed by atoms with E-state index in [1.165, 1.54) is 6.07 Å². The molecule has 0 unspecified atom stereocenters. The number of halogens is 1. The Morgan fingerprint density at radius 2 is 2.06 bits per heavy atom. The van der Waals surface area contributed by atoms with Crippen molar-refractivity contribution in [1.82, 2.24) is 0 Å². The molecule has 0 aliphatic carbocycles. The lowest BCUT2D eigenvalue weighted by Crippen LogP contribution is -2.10. The highest BCUT2D eigenvalue weighted by molar-refractivity contribution is 7.90. The van der Waals surface area contributed by atoms with E-state index in [0.717, 1.165) is 18.4 Å². The number of nitrogens with two attached hydrogens (primary N) is 1. The van der Waals surface area contributed by atoms with E-state index >= 15 is 0 Å². The number of hydrogen-bond donors (Lipinski definition) is 1. The molecule has 88 valence electrons. The Balaban J connectivity index is 3.23. The molecule has 4 nitrogen and oxygen atoms in total. The van der Waals surface area contributed by atoms with E-state index in [2.05, 4.69) is 0 Å². The van der Waals surface area contributed by atoms with Crippen molar-refractivity contribution >= 4 is 15.6 Å². The zero-order valence-corrected chi connectivity index (χ0v) is 9.55. The summed E-state index contributed by atoms with van der Waals surface area (Å²) in [5.74, 6) is -1.15. The van der Waals surface area contributed by atoms with Gasteiger partial charge >= 0.3 is 0 Å². The number of hydrogen-bond acceptors (Lipinski definition) is 4. The first kappa shape index (κ1) is 12.8. The normalized spacial score (nSPS) is 11.4. The van der Waals surface area contributed by atoms with E-state index in [1.54, 1.807) is 0 Å². The van der Waals surface area contributed by atoms with Crippen LogP contribution in [-0.4, -0.2) is 27.0 Å². The van der Waals surface area contributed by atoms with Gasteiger partial charge in [-0.15, -0.1) is 0 Å². The first-order valence-corrected chi connectivity index (χ1v) is 6.48. The van der Waals surface area contributed by atoms with Gasteiger partial charge in [-0.1, -0.05) is 0 Å². The van der Waals surface area contributed by atoms with Gasteiger partial charge in [-0.2, -0.15) is 0 Å². The van der Waals surface area contributed by atoms with Crippen molar-refractivity contribution < 1.29 is 17.6 Å². The topological polar surface area (TPSA) is 77.2 Å². The Kier molecular flexibility index (Phi) is 3.77. The third-order valence-electron chi connectivity index (χ3n) is 2.02. The van der Waals surface area contributed by atoms with Crippen molar-refractivity contribution in [2.75, 3.05) is 12.8 Å². The van der Waals surface area contributed by atoms with Gasteiger partial charge in [0.1, 0.15) is 10.7 Å². The zero-order chi connectivity index (χ0) is 12.3. The van der Waals surface area contributed by atoms with E-state index in [4.69, 9.17) is 5.73 Å². The summed E-state index contributed by atoms with van der Waals surface area (Å²) in [5.41, 5.74) is 5.37. The molecule has 1 rings (SSSR count). The predicted molar refractivity (Wildman–Crippen MR) is 57.5 cm³/mol. The van der Waals surface area contributed by atoms with Crippen LogP contribution in [0.3, 0.4) is 0 Å². The summed E-state index contributed by atoms with van der Waals surface area (Å²) >= 11 is 0. The van der Waals surface area contributed by atoms with Crippen molar-refractivity contribution in [2.45, 2.75) is 11.3 Å². The Labute approximate surface area is 93.2 Å². The smallest absolute Gasteiger partial charge is 0.178 e. The number of ketones is 1. The minimum atomic E-state index is -3.66. The molecule has 0 atom stereocenters. The molecular weight excluding hydrogens is 233 g/mol. The maximum Gasteiger partial charge on any atom is 0.178 e. The maximum atomic E-state index is 13.2. The molecule has 16 heavy (non-hydrogen) atoms. The molecule has 0 aliphatic rings. The number of carbonyl (C=O) groups excluding carboxylic acids is 1. The monoisotopic (exact) mass is 245 g/mol. The molecule has 0 aromatic heterocycles. The third-order valence-corrected chi connectivity index (χ3v) is 3.14. The Hall–Kier alpha value is -1.27. The van der Waals surface area contributed by atoms with Crippen molar-refractivity contribution in [3.8, 4) is 0 Å². The number of rotatable bonds is 4. The average Bonchev–Trinajstić information content (AvgIpc) is 2.16. The molecule has 0 radical (unpaired) electrons. The number of Topliss-reactive ketones (excluding diaryl/α,β-unsaturated/α-hetero) is 1. The highest BCUT2D eigenvalue weighted by atomic mass is 32.2. The van der Waals surface area contributed by atoms with Crippen LogP contribution in [0.4, 0.5) is 4.39 Å². The molecule has 0 spiro atoms. The molecule has 1 aromatic carbocycles. The molecular formula is C10H12FNO3S. The predicted octanol–water partition coefficient (Wildman–Crippen LogP) is 0.761. The highest BCUT2D eigenvalue weighted by Gasteiger charge is 2.16. The summed E-state index contributed by atoms with van der Waals surface area (Å²) in [6.07, 6.45) is 0.997. The van der Waals surface area contributed by atoms with E-state index in [1.807, 2.05) is 0 Å². The van der Waals surface area contributed by atoms with Crippen molar-refractivity contribution in [2.24, 2.45) is 5.73 Å². The van der Waals surface area contributed by atoms with E-state index in [-0.39, 0.29) is 24.3 Å². The van der Waals surface area contributed by atoms with Gasteiger partial charge in [0.25, 0.3) is 0 Å². The summed E-state index contributed by atoms with van der Waals surface area (Å²) in [5, 5.41) is 0. The van der Waals surface area contributed by atoms with E-state index in [0.29, 0.717) is 0 Å². The molecule has 2 N–H and O–H groups in total. The molecule has 0 amide bonds. The number of sulfone groups is 1. The lowest BCUT2D eigenvalue weighted by atomic mass is 10.1. The average molecular weight is 245 g/mol. The van der Waals surface area contributed by atoms with Gasteiger partial charge in [-0.25, -0.2) is 12.8 Å². The van der Waals surface area contributed by atoms with Gasteiger partial charge in [0, 0.05) is 18.2 Å². The Morgan fingerprint density at radius 3 is 2.56 bits per heavy atom. The van der Waals surface area contributed by atoms with Gasteiger partial charge in [-0.05, 0) is 24.7 Å². The van der Waals surface area contributed by atoms with Crippen LogP contribution in [0.2, 0.25) is 0 Å². The summed E-state index contributed by atoms with van der Waals surface area (Å²) in [6.45, 7) is 0.171. The van der Waals surface area contributed by atoms with Crippen LogP contribution in [0.15, 0.2) is 23.1 Å². The van der Waals surface area contributed by atoms with Gasteiger partial charge in [0.15, 0.2) is 15.6 Å². The summed E-state index contributed by atoms with van der Waals surface area (Å²) in [6, 6.07) is 3.27. The quantitative estimate of drug-likeness (QED) is 0.794. The van der Waals surface area contributed by atoms with Gasteiger partial charge < -0.3 is 5.73 Å². The summed E-state index contributed by atoms with van der Waals surface area (Å²) in [4.78, 5) is 11.0.